The molecule has 1 heterocycles. The maximum absolute atomic E-state index is 11.0. The molecular weight excluding hydrogens is 300 g/mol. The minimum atomic E-state index is -1.08. The molecule has 2 rings (SSSR count). The van der Waals surface area contributed by atoms with Gasteiger partial charge in [0, 0.05) is 23.3 Å². The molecule has 5 nitrogen and oxygen atoms in total. The summed E-state index contributed by atoms with van der Waals surface area (Å²) in [6, 6.07) is 2.31. The molecule has 0 unspecified atom stereocenters. The van der Waals surface area contributed by atoms with Gasteiger partial charge in [-0.2, -0.15) is 0 Å². The highest BCUT2D eigenvalue weighted by molar-refractivity contribution is 9.10. The molecule has 0 radical (unpaired) electrons. The van der Waals surface area contributed by atoms with Crippen molar-refractivity contribution in [1.29, 1.82) is 0 Å². The number of likely N-dealkylation sites (N-methyl/N-ethyl adjacent to an activating group) is 1. The number of hydrogen-bond acceptors (Lipinski definition) is 4. The first-order chi connectivity index (χ1) is 8.58. The van der Waals surface area contributed by atoms with E-state index in [1.54, 1.807) is 6.07 Å². The number of nitrogens with zero attached hydrogens (tertiary/aromatic N) is 2. The molecule has 0 spiro atoms. The molecule has 1 N–H and O–H groups in total. The summed E-state index contributed by atoms with van der Waals surface area (Å²) >= 11 is 3.25. The zero-order valence-electron chi connectivity index (χ0n) is 10.1. The number of carboxylic acids is 1. The van der Waals surface area contributed by atoms with Gasteiger partial charge in [0.2, 0.25) is 0 Å². The maximum atomic E-state index is 11.0. The number of aromatic carboxylic acids is 1. The Balaban J connectivity index is 1.94. The van der Waals surface area contributed by atoms with Crippen molar-refractivity contribution >= 4 is 21.9 Å². The zero-order valence-corrected chi connectivity index (χ0v) is 11.7. The van der Waals surface area contributed by atoms with Crippen molar-refractivity contribution in [2.45, 2.75) is 18.9 Å². The molecule has 1 aliphatic rings. The second-order valence-electron chi connectivity index (χ2n) is 4.37. The van der Waals surface area contributed by atoms with Crippen LogP contribution in [0.1, 0.15) is 23.3 Å². The summed E-state index contributed by atoms with van der Waals surface area (Å²) in [4.78, 5) is 17.0. The average Bonchev–Trinajstić information content (AvgIpc) is 3.12. The molecular formula is C12H15BrN2O3. The van der Waals surface area contributed by atoms with Crippen molar-refractivity contribution in [3.63, 3.8) is 0 Å². The molecule has 1 aliphatic carbocycles. The fraction of sp³-hybridized carbons (Fsp3) is 0.500. The van der Waals surface area contributed by atoms with E-state index in [0.717, 1.165) is 6.54 Å². The van der Waals surface area contributed by atoms with Crippen molar-refractivity contribution in [3.05, 3.63) is 22.4 Å². The van der Waals surface area contributed by atoms with Crippen LogP contribution < -0.4 is 4.74 Å². The quantitative estimate of drug-likeness (QED) is 0.870. The minimum absolute atomic E-state index is 0.0488. The van der Waals surface area contributed by atoms with Crippen molar-refractivity contribution in [2.75, 3.05) is 20.2 Å². The van der Waals surface area contributed by atoms with E-state index in [1.807, 2.05) is 0 Å². The third-order valence-corrected chi connectivity index (χ3v) is 3.33. The van der Waals surface area contributed by atoms with Crippen LogP contribution in [0.15, 0.2) is 16.7 Å². The molecule has 6 heteroatoms. The monoisotopic (exact) mass is 314 g/mol. The number of pyridine rings is 1. The third kappa shape index (κ3) is 3.43. The van der Waals surface area contributed by atoms with E-state index in [0.29, 0.717) is 22.9 Å². The van der Waals surface area contributed by atoms with Gasteiger partial charge in [-0.05, 0) is 41.9 Å². The van der Waals surface area contributed by atoms with E-state index in [2.05, 4.69) is 32.9 Å². The summed E-state index contributed by atoms with van der Waals surface area (Å²) in [5, 5.41) is 9.00. The smallest absolute Gasteiger partial charge is 0.358 e. The molecule has 1 aromatic rings. The Morgan fingerprint density at radius 1 is 1.67 bits per heavy atom. The maximum Gasteiger partial charge on any atom is 0.358 e. The Morgan fingerprint density at radius 2 is 2.39 bits per heavy atom. The highest BCUT2D eigenvalue weighted by atomic mass is 79.9. The Morgan fingerprint density at radius 3 is 3.00 bits per heavy atom. The fourth-order valence-corrected chi connectivity index (χ4v) is 2.00. The van der Waals surface area contributed by atoms with Gasteiger partial charge in [0.15, 0.2) is 11.4 Å². The summed E-state index contributed by atoms with van der Waals surface area (Å²) in [6.07, 6.45) is 3.94. The van der Waals surface area contributed by atoms with E-state index >= 15 is 0 Å². The summed E-state index contributed by atoms with van der Waals surface area (Å²) in [5.74, 6) is -0.769. The van der Waals surface area contributed by atoms with Crippen molar-refractivity contribution < 1.29 is 14.6 Å². The lowest BCUT2D eigenvalue weighted by Crippen LogP contribution is -2.26. The Hall–Kier alpha value is -1.14. The van der Waals surface area contributed by atoms with E-state index in [4.69, 9.17) is 9.84 Å². The largest absolute Gasteiger partial charge is 0.490 e. The first-order valence-electron chi connectivity index (χ1n) is 5.80. The highest BCUT2D eigenvalue weighted by Gasteiger charge is 2.25. The lowest BCUT2D eigenvalue weighted by atomic mass is 10.3. The number of aromatic nitrogens is 1. The van der Waals surface area contributed by atoms with Crippen LogP contribution in [0, 0.1) is 0 Å². The normalized spacial score (nSPS) is 14.8. The van der Waals surface area contributed by atoms with Crippen LogP contribution in [0.25, 0.3) is 0 Å². The summed E-state index contributed by atoms with van der Waals surface area (Å²) in [6.45, 7) is 1.25. The zero-order chi connectivity index (χ0) is 13.1. The third-order valence-electron chi connectivity index (χ3n) is 2.89. The molecule has 0 amide bonds. The van der Waals surface area contributed by atoms with E-state index in [-0.39, 0.29) is 5.69 Å². The second-order valence-corrected chi connectivity index (χ2v) is 5.28. The van der Waals surface area contributed by atoms with Gasteiger partial charge < -0.3 is 14.7 Å². The molecule has 0 saturated heterocycles. The first-order valence-corrected chi connectivity index (χ1v) is 6.59. The van der Waals surface area contributed by atoms with Gasteiger partial charge in [-0.1, -0.05) is 0 Å². The molecule has 1 fully saturated rings. The summed E-state index contributed by atoms with van der Waals surface area (Å²) in [5.41, 5.74) is -0.0488. The van der Waals surface area contributed by atoms with Gasteiger partial charge >= 0.3 is 5.97 Å². The summed E-state index contributed by atoms with van der Waals surface area (Å²) in [7, 11) is 2.05. The Kier molecular flexibility index (Phi) is 4.19. The van der Waals surface area contributed by atoms with Crippen molar-refractivity contribution in [3.8, 4) is 5.75 Å². The molecule has 0 aliphatic heterocycles. The van der Waals surface area contributed by atoms with Gasteiger partial charge in [-0.3, -0.25) is 0 Å². The Labute approximate surface area is 114 Å². The first kappa shape index (κ1) is 13.3. The fourth-order valence-electron chi connectivity index (χ4n) is 1.69. The lowest BCUT2D eigenvalue weighted by Gasteiger charge is -2.16. The van der Waals surface area contributed by atoms with Crippen LogP contribution in [0.4, 0.5) is 0 Å². The molecule has 0 bridgehead atoms. The van der Waals surface area contributed by atoms with Crippen molar-refractivity contribution in [2.24, 2.45) is 0 Å². The molecule has 0 aromatic carbocycles. The molecule has 1 saturated carbocycles. The number of ether oxygens (including phenoxy) is 1. The summed E-state index contributed by atoms with van der Waals surface area (Å²) < 4.78 is 6.22. The van der Waals surface area contributed by atoms with Gasteiger partial charge in [0.05, 0.1) is 0 Å². The topological polar surface area (TPSA) is 62.7 Å². The van der Waals surface area contributed by atoms with E-state index in [1.165, 1.54) is 19.0 Å². The minimum Gasteiger partial charge on any atom is -0.490 e. The van der Waals surface area contributed by atoms with Crippen LogP contribution in [0.5, 0.6) is 5.75 Å². The molecule has 1 aromatic heterocycles. The van der Waals surface area contributed by atoms with Crippen molar-refractivity contribution in [1.82, 2.24) is 9.88 Å². The molecule has 98 valence electrons. The van der Waals surface area contributed by atoms with Crippen LogP contribution in [0.3, 0.4) is 0 Å². The highest BCUT2D eigenvalue weighted by Crippen LogP contribution is 2.25. The van der Waals surface area contributed by atoms with Gasteiger partial charge in [-0.25, -0.2) is 9.78 Å². The van der Waals surface area contributed by atoms with Gasteiger partial charge in [0.1, 0.15) is 6.61 Å². The molecule has 18 heavy (non-hydrogen) atoms. The van der Waals surface area contributed by atoms with E-state index < -0.39 is 5.97 Å². The van der Waals surface area contributed by atoms with E-state index in [9.17, 15) is 4.79 Å². The predicted octanol–water partition coefficient (Wildman–Crippen LogP) is 2.02. The average molecular weight is 315 g/mol. The standard InChI is InChI=1S/C12H15BrN2O3/c1-15(9-2-3-9)4-5-18-10-6-8(13)7-14-11(10)12(16)17/h6-7,9H,2-5H2,1H3,(H,16,17). The predicted molar refractivity (Wildman–Crippen MR) is 70.0 cm³/mol. The number of carbonyl (C=O) groups is 1. The number of halogens is 1. The SMILES string of the molecule is CN(CCOc1cc(Br)cnc1C(=O)O)C1CC1. The van der Waals surface area contributed by atoms with Gasteiger partial charge in [0.25, 0.3) is 0 Å². The van der Waals surface area contributed by atoms with Crippen LogP contribution in [-0.2, 0) is 0 Å². The van der Waals surface area contributed by atoms with Crippen LogP contribution in [0.2, 0.25) is 0 Å². The molecule has 0 atom stereocenters. The number of carboxylic acid groups (broad SMARTS) is 1. The van der Waals surface area contributed by atoms with Crippen LogP contribution >= 0.6 is 15.9 Å². The number of rotatable bonds is 6. The lowest BCUT2D eigenvalue weighted by molar-refractivity contribution is 0.0684. The van der Waals surface area contributed by atoms with Crippen LogP contribution in [-0.4, -0.2) is 47.2 Å². The second kappa shape index (κ2) is 5.67. The Bertz CT molecular complexity index is 449. The van der Waals surface area contributed by atoms with Gasteiger partial charge in [-0.15, -0.1) is 0 Å². The number of hydrogen-bond donors (Lipinski definition) is 1.